The molecule has 1 aromatic carbocycles. The zero-order valence-corrected chi connectivity index (χ0v) is 14.3. The van der Waals surface area contributed by atoms with Crippen molar-refractivity contribution in [2.75, 3.05) is 0 Å². The SMILES string of the molecule is CCC1=C2C(=CC(C)=C[C-]2C)c2c3ccccc3cc[n+]2[C-]1C. The fourth-order valence-electron chi connectivity index (χ4n) is 4.09. The molecule has 1 heteroatoms. The molecule has 1 nitrogen and oxygen atoms in total. The molecule has 0 radical (unpaired) electrons. The molecule has 1 aliphatic heterocycles. The van der Waals surface area contributed by atoms with Crippen molar-refractivity contribution in [3.8, 4) is 0 Å². The molecule has 0 N–H and O–H groups in total. The first-order valence-electron chi connectivity index (χ1n) is 8.37. The summed E-state index contributed by atoms with van der Waals surface area (Å²) in [5.74, 6) is 1.38. The number of rotatable bonds is 1. The number of fused-ring (bicyclic) bond motifs is 5. The minimum atomic E-state index is 1.06. The molecular formula is C22H22N-. The van der Waals surface area contributed by atoms with E-state index in [0.717, 1.165) is 6.42 Å². The topological polar surface area (TPSA) is 3.88 Å². The molecule has 0 amide bonds. The Morgan fingerprint density at radius 3 is 2.65 bits per heavy atom. The molecule has 116 valence electrons. The summed E-state index contributed by atoms with van der Waals surface area (Å²) in [6.07, 6.45) is 7.94. The second-order valence-corrected chi connectivity index (χ2v) is 6.54. The van der Waals surface area contributed by atoms with E-state index in [-0.39, 0.29) is 0 Å². The van der Waals surface area contributed by atoms with E-state index in [1.165, 1.54) is 50.7 Å². The van der Waals surface area contributed by atoms with Crippen LogP contribution in [-0.4, -0.2) is 0 Å². The summed E-state index contributed by atoms with van der Waals surface area (Å²) in [4.78, 5) is 0. The largest absolute Gasteiger partial charge is 0.301 e. The zero-order valence-electron chi connectivity index (χ0n) is 14.3. The van der Waals surface area contributed by atoms with Crippen LogP contribution in [0.1, 0.15) is 39.8 Å². The Labute approximate surface area is 138 Å². The van der Waals surface area contributed by atoms with Gasteiger partial charge in [-0.15, -0.1) is 28.9 Å². The zero-order chi connectivity index (χ0) is 16.1. The highest BCUT2D eigenvalue weighted by atomic mass is 15.0. The van der Waals surface area contributed by atoms with Crippen LogP contribution >= 0.6 is 0 Å². The molecule has 0 saturated carbocycles. The molecule has 2 aromatic rings. The van der Waals surface area contributed by atoms with Crippen LogP contribution in [0.3, 0.4) is 0 Å². The van der Waals surface area contributed by atoms with E-state index in [9.17, 15) is 0 Å². The van der Waals surface area contributed by atoms with Gasteiger partial charge in [-0.1, -0.05) is 51.5 Å². The summed E-state index contributed by atoms with van der Waals surface area (Å²) in [6.45, 7) is 8.95. The number of hydrogen-bond acceptors (Lipinski definition) is 0. The molecule has 0 bridgehead atoms. The minimum absolute atomic E-state index is 1.06. The first-order chi connectivity index (χ1) is 11.1. The van der Waals surface area contributed by atoms with Crippen molar-refractivity contribution in [2.45, 2.75) is 34.1 Å². The van der Waals surface area contributed by atoms with Gasteiger partial charge in [-0.3, -0.25) is 0 Å². The normalized spacial score (nSPS) is 17.0. The fourth-order valence-corrected chi connectivity index (χ4v) is 4.09. The summed E-state index contributed by atoms with van der Waals surface area (Å²) < 4.78 is 2.38. The Morgan fingerprint density at radius 2 is 1.87 bits per heavy atom. The van der Waals surface area contributed by atoms with E-state index >= 15 is 0 Å². The Balaban J connectivity index is 2.12. The van der Waals surface area contributed by atoms with Gasteiger partial charge in [0.15, 0.2) is 0 Å². The Bertz CT molecular complexity index is 895. The highest BCUT2D eigenvalue weighted by Gasteiger charge is 2.25. The Morgan fingerprint density at radius 1 is 1.09 bits per heavy atom. The monoisotopic (exact) mass is 300 g/mol. The average molecular weight is 300 g/mol. The van der Waals surface area contributed by atoms with Crippen LogP contribution in [0.4, 0.5) is 0 Å². The highest BCUT2D eigenvalue weighted by Crippen LogP contribution is 2.44. The first kappa shape index (κ1) is 14.2. The third-order valence-electron chi connectivity index (χ3n) is 5.05. The lowest BCUT2D eigenvalue weighted by Crippen LogP contribution is -2.46. The molecule has 23 heavy (non-hydrogen) atoms. The van der Waals surface area contributed by atoms with Crippen molar-refractivity contribution in [1.82, 2.24) is 0 Å². The van der Waals surface area contributed by atoms with Gasteiger partial charge in [-0.05, 0) is 18.4 Å². The number of benzene rings is 1. The maximum atomic E-state index is 2.38. The van der Waals surface area contributed by atoms with E-state index in [1.54, 1.807) is 0 Å². The average Bonchev–Trinajstić information content (AvgIpc) is 2.55. The van der Waals surface area contributed by atoms with Gasteiger partial charge in [-0.25, -0.2) is 5.57 Å². The van der Waals surface area contributed by atoms with Gasteiger partial charge in [0.2, 0.25) is 0 Å². The van der Waals surface area contributed by atoms with Crippen LogP contribution in [0.25, 0.3) is 16.3 Å². The summed E-state index contributed by atoms with van der Waals surface area (Å²) >= 11 is 0. The molecule has 4 rings (SSSR count). The van der Waals surface area contributed by atoms with Gasteiger partial charge in [0.1, 0.15) is 0 Å². The number of allylic oxidation sites excluding steroid dienone is 6. The highest BCUT2D eigenvalue weighted by molar-refractivity contribution is 5.98. The fraction of sp³-hybridized carbons (Fsp3) is 0.227. The summed E-state index contributed by atoms with van der Waals surface area (Å²) in [7, 11) is 0. The quantitative estimate of drug-likeness (QED) is 0.504. The number of pyridine rings is 1. The van der Waals surface area contributed by atoms with Crippen LogP contribution in [0.15, 0.2) is 65.4 Å². The number of aromatic nitrogens is 1. The maximum Gasteiger partial charge on any atom is 0.0961 e. The van der Waals surface area contributed by atoms with Crippen LogP contribution < -0.4 is 4.57 Å². The molecule has 1 aromatic heterocycles. The predicted molar refractivity (Wildman–Crippen MR) is 96.4 cm³/mol. The standard InChI is InChI=1S/C22H22N/c1-5-18-16(4)23-11-10-17-8-6-7-9-19(17)22(23)20-13-14(2)12-15(3)21(18)20/h6-13H,5H2,1-4H3/q-1. The lowest BCUT2D eigenvalue weighted by molar-refractivity contribution is -0.653. The Hall–Kier alpha value is -2.41. The lowest BCUT2D eigenvalue weighted by atomic mass is 9.76. The third kappa shape index (κ3) is 1.96. The van der Waals surface area contributed by atoms with E-state index in [1.807, 2.05) is 0 Å². The molecule has 2 heterocycles. The second kappa shape index (κ2) is 5.06. The molecule has 0 fully saturated rings. The Kier molecular flexibility index (Phi) is 3.12. The van der Waals surface area contributed by atoms with Gasteiger partial charge >= 0.3 is 0 Å². The predicted octanol–water partition coefficient (Wildman–Crippen LogP) is 5.19. The second-order valence-electron chi connectivity index (χ2n) is 6.54. The van der Waals surface area contributed by atoms with E-state index < -0.39 is 0 Å². The van der Waals surface area contributed by atoms with Gasteiger partial charge in [0.25, 0.3) is 0 Å². The van der Waals surface area contributed by atoms with Gasteiger partial charge in [0.05, 0.1) is 17.9 Å². The first-order valence-corrected chi connectivity index (χ1v) is 8.37. The molecule has 0 unspecified atom stereocenters. The molecular weight excluding hydrogens is 278 g/mol. The summed E-state index contributed by atoms with van der Waals surface area (Å²) in [5.41, 5.74) is 6.94. The molecule has 0 atom stereocenters. The van der Waals surface area contributed by atoms with Crippen LogP contribution in [0.2, 0.25) is 0 Å². The molecule has 0 spiro atoms. The van der Waals surface area contributed by atoms with Crippen molar-refractivity contribution in [3.05, 3.63) is 83.1 Å². The number of hydrogen-bond donors (Lipinski definition) is 0. The molecule has 1 aliphatic carbocycles. The van der Waals surface area contributed by atoms with Crippen LogP contribution in [0.5, 0.6) is 0 Å². The summed E-state index contributed by atoms with van der Waals surface area (Å²) in [6, 6.07) is 12.3. The third-order valence-corrected chi connectivity index (χ3v) is 5.05. The van der Waals surface area contributed by atoms with Gasteiger partial charge < -0.3 is 4.57 Å². The van der Waals surface area contributed by atoms with Crippen molar-refractivity contribution >= 4 is 16.3 Å². The lowest BCUT2D eigenvalue weighted by Gasteiger charge is -2.44. The van der Waals surface area contributed by atoms with Gasteiger partial charge in [0, 0.05) is 5.39 Å². The van der Waals surface area contributed by atoms with E-state index in [4.69, 9.17) is 0 Å². The van der Waals surface area contributed by atoms with Crippen molar-refractivity contribution in [3.63, 3.8) is 0 Å². The van der Waals surface area contributed by atoms with Crippen molar-refractivity contribution in [1.29, 1.82) is 0 Å². The number of nitrogens with zero attached hydrogens (tertiary/aromatic N) is 1. The van der Waals surface area contributed by atoms with Gasteiger partial charge in [-0.2, -0.15) is 5.92 Å². The molecule has 0 saturated heterocycles. The summed E-state index contributed by atoms with van der Waals surface area (Å²) in [5, 5.41) is 2.63. The maximum absolute atomic E-state index is 2.38. The van der Waals surface area contributed by atoms with Crippen molar-refractivity contribution in [2.24, 2.45) is 0 Å². The smallest absolute Gasteiger partial charge is 0.0961 e. The van der Waals surface area contributed by atoms with E-state index in [0.29, 0.717) is 0 Å². The minimum Gasteiger partial charge on any atom is -0.301 e. The van der Waals surface area contributed by atoms with Crippen LogP contribution in [0, 0.1) is 12.0 Å². The van der Waals surface area contributed by atoms with Crippen LogP contribution in [-0.2, 0) is 0 Å². The molecule has 2 aliphatic rings. The van der Waals surface area contributed by atoms with E-state index in [2.05, 4.69) is 80.9 Å². The van der Waals surface area contributed by atoms with Crippen molar-refractivity contribution < 1.29 is 4.57 Å².